The smallest absolute Gasteiger partial charge is 0.263 e. The number of anilines is 2. The van der Waals surface area contributed by atoms with Gasteiger partial charge in [0, 0.05) is 17.3 Å². The van der Waals surface area contributed by atoms with Crippen LogP contribution < -0.4 is 10.0 Å². The molecule has 0 spiro atoms. The van der Waals surface area contributed by atoms with Gasteiger partial charge in [-0.15, -0.1) is 11.3 Å². The van der Waals surface area contributed by atoms with E-state index < -0.39 is 33.8 Å². The molecule has 0 saturated heterocycles. The van der Waals surface area contributed by atoms with Crippen molar-refractivity contribution in [3.8, 4) is 0 Å². The van der Waals surface area contributed by atoms with Gasteiger partial charge < -0.3 is 5.32 Å². The minimum atomic E-state index is -3.83. The zero-order valence-corrected chi connectivity index (χ0v) is 19.3. The van der Waals surface area contributed by atoms with E-state index in [0.29, 0.717) is 5.69 Å². The van der Waals surface area contributed by atoms with Gasteiger partial charge in [0.15, 0.2) is 5.13 Å². The van der Waals surface area contributed by atoms with Crippen molar-refractivity contribution in [1.82, 2.24) is 9.88 Å². The number of benzene rings is 2. The Kier molecular flexibility index (Phi) is 6.00. The first-order valence-electron chi connectivity index (χ1n) is 9.99. The van der Waals surface area contributed by atoms with Crippen LogP contribution in [-0.4, -0.2) is 42.1 Å². The van der Waals surface area contributed by atoms with Crippen molar-refractivity contribution in [3.05, 3.63) is 71.2 Å². The van der Waals surface area contributed by atoms with Gasteiger partial charge in [-0.05, 0) is 42.3 Å². The molecule has 0 fully saturated rings. The fourth-order valence-electron chi connectivity index (χ4n) is 3.56. The van der Waals surface area contributed by atoms with Crippen LogP contribution in [0, 0.1) is 5.92 Å². The summed E-state index contributed by atoms with van der Waals surface area (Å²) in [4.78, 5) is 43.6. The second-order valence-corrected chi connectivity index (χ2v) is 10.2. The summed E-state index contributed by atoms with van der Waals surface area (Å²) in [5.74, 6) is -1.93. The first-order valence-corrected chi connectivity index (χ1v) is 12.4. The number of sulfonamides is 1. The molecule has 2 aromatic carbocycles. The van der Waals surface area contributed by atoms with Gasteiger partial charge in [0.25, 0.3) is 21.8 Å². The summed E-state index contributed by atoms with van der Waals surface area (Å²) in [7, 11) is -3.83. The summed E-state index contributed by atoms with van der Waals surface area (Å²) in [6.07, 6.45) is 1.49. The van der Waals surface area contributed by atoms with Crippen LogP contribution in [0.2, 0.25) is 0 Å². The van der Waals surface area contributed by atoms with Crippen LogP contribution >= 0.6 is 11.3 Å². The van der Waals surface area contributed by atoms with Crippen molar-refractivity contribution < 1.29 is 22.8 Å². The van der Waals surface area contributed by atoms with Crippen molar-refractivity contribution in [3.63, 3.8) is 0 Å². The Balaban J connectivity index is 1.52. The molecular formula is C22H20N4O5S2. The Morgan fingerprint density at radius 2 is 1.61 bits per heavy atom. The molecule has 2 heterocycles. The van der Waals surface area contributed by atoms with Crippen LogP contribution in [0.25, 0.3) is 0 Å². The van der Waals surface area contributed by atoms with E-state index in [0.717, 1.165) is 16.2 Å². The minimum absolute atomic E-state index is 0.00328. The molecule has 170 valence electrons. The van der Waals surface area contributed by atoms with E-state index >= 15 is 0 Å². The summed E-state index contributed by atoms with van der Waals surface area (Å²) in [5, 5.41) is 4.57. The highest BCUT2D eigenvalue weighted by molar-refractivity contribution is 7.93. The van der Waals surface area contributed by atoms with Crippen molar-refractivity contribution >= 4 is 49.9 Å². The Hall–Kier alpha value is -3.57. The van der Waals surface area contributed by atoms with Gasteiger partial charge in [0.05, 0.1) is 16.0 Å². The molecule has 4 rings (SSSR count). The van der Waals surface area contributed by atoms with E-state index in [2.05, 4.69) is 15.0 Å². The number of rotatable bonds is 7. The number of nitrogens with zero attached hydrogens (tertiary/aromatic N) is 2. The maximum absolute atomic E-state index is 13.1. The first kappa shape index (κ1) is 22.6. The maximum Gasteiger partial charge on any atom is 0.263 e. The molecule has 2 N–H and O–H groups in total. The average molecular weight is 485 g/mol. The number of fused-ring (bicyclic) bond motifs is 1. The molecule has 1 atom stereocenters. The average Bonchev–Trinajstić information content (AvgIpc) is 3.36. The lowest BCUT2D eigenvalue weighted by Crippen LogP contribution is -2.50. The van der Waals surface area contributed by atoms with Gasteiger partial charge in [-0.1, -0.05) is 26.0 Å². The molecule has 3 amide bonds. The Bertz CT molecular complexity index is 1280. The van der Waals surface area contributed by atoms with Gasteiger partial charge in [-0.2, -0.15) is 0 Å². The number of carbonyl (C=O) groups excluding carboxylic acids is 3. The van der Waals surface area contributed by atoms with Gasteiger partial charge in [-0.25, -0.2) is 13.4 Å². The highest BCUT2D eigenvalue weighted by Gasteiger charge is 2.43. The van der Waals surface area contributed by atoms with Gasteiger partial charge in [0.2, 0.25) is 5.91 Å². The Morgan fingerprint density at radius 1 is 1.00 bits per heavy atom. The number of amides is 3. The van der Waals surface area contributed by atoms with Gasteiger partial charge in [0.1, 0.15) is 6.04 Å². The lowest BCUT2D eigenvalue weighted by molar-refractivity contribution is -0.121. The molecule has 1 aliphatic rings. The van der Waals surface area contributed by atoms with E-state index in [1.165, 1.54) is 30.5 Å². The van der Waals surface area contributed by atoms with Crippen LogP contribution in [-0.2, 0) is 14.8 Å². The fourth-order valence-corrected chi connectivity index (χ4v) is 5.35. The van der Waals surface area contributed by atoms with Crippen molar-refractivity contribution in [1.29, 1.82) is 0 Å². The quantitative estimate of drug-likeness (QED) is 0.496. The number of imide groups is 1. The molecule has 0 saturated carbocycles. The van der Waals surface area contributed by atoms with Crippen LogP contribution in [0.5, 0.6) is 0 Å². The van der Waals surface area contributed by atoms with Crippen molar-refractivity contribution in [2.75, 3.05) is 10.0 Å². The zero-order valence-electron chi connectivity index (χ0n) is 17.7. The summed E-state index contributed by atoms with van der Waals surface area (Å²) in [5.41, 5.74) is 0.863. The number of carbonyl (C=O) groups is 3. The third-order valence-corrected chi connectivity index (χ3v) is 7.26. The van der Waals surface area contributed by atoms with Gasteiger partial charge in [-0.3, -0.25) is 24.0 Å². The van der Waals surface area contributed by atoms with Crippen LogP contribution in [0.1, 0.15) is 34.6 Å². The second kappa shape index (κ2) is 8.75. The summed E-state index contributed by atoms with van der Waals surface area (Å²) in [6.45, 7) is 3.49. The van der Waals surface area contributed by atoms with Gasteiger partial charge >= 0.3 is 0 Å². The number of hydrogen-bond donors (Lipinski definition) is 2. The van der Waals surface area contributed by atoms with E-state index in [4.69, 9.17) is 0 Å². The predicted molar refractivity (Wildman–Crippen MR) is 124 cm³/mol. The van der Waals surface area contributed by atoms with E-state index in [9.17, 15) is 22.8 Å². The molecule has 1 aliphatic heterocycles. The molecule has 33 heavy (non-hydrogen) atoms. The summed E-state index contributed by atoms with van der Waals surface area (Å²) >= 11 is 1.15. The zero-order chi connectivity index (χ0) is 23.8. The molecule has 0 aliphatic carbocycles. The second-order valence-electron chi connectivity index (χ2n) is 7.67. The molecule has 1 aromatic heterocycles. The largest absolute Gasteiger partial charge is 0.324 e. The number of aromatic nitrogens is 1. The molecule has 0 radical (unpaired) electrons. The lowest BCUT2D eigenvalue weighted by Gasteiger charge is -2.28. The van der Waals surface area contributed by atoms with Crippen molar-refractivity contribution in [2.45, 2.75) is 24.8 Å². The third-order valence-electron chi connectivity index (χ3n) is 5.09. The molecule has 9 nitrogen and oxygen atoms in total. The first-order chi connectivity index (χ1) is 15.7. The van der Waals surface area contributed by atoms with E-state index in [-0.39, 0.29) is 27.1 Å². The van der Waals surface area contributed by atoms with E-state index in [1.807, 2.05) is 0 Å². The van der Waals surface area contributed by atoms with Crippen LogP contribution in [0.4, 0.5) is 10.8 Å². The monoisotopic (exact) mass is 484 g/mol. The molecule has 0 bridgehead atoms. The van der Waals surface area contributed by atoms with Crippen molar-refractivity contribution in [2.24, 2.45) is 5.92 Å². The number of thiazole rings is 1. The molecule has 11 heteroatoms. The summed E-state index contributed by atoms with van der Waals surface area (Å²) < 4.78 is 27.3. The van der Waals surface area contributed by atoms with Crippen LogP contribution in [0.15, 0.2) is 65.0 Å². The Morgan fingerprint density at radius 3 is 2.12 bits per heavy atom. The highest BCUT2D eigenvalue weighted by Crippen LogP contribution is 2.28. The SMILES string of the molecule is CC(C)[C@@H](C(=O)Nc1ccc(S(=O)(=O)Nc2nccs2)cc1)N1C(=O)c2ccccc2C1=O. The molecular weight excluding hydrogens is 464 g/mol. The third kappa shape index (κ3) is 4.37. The van der Waals surface area contributed by atoms with E-state index in [1.54, 1.807) is 43.5 Å². The normalized spacial score (nSPS) is 14.3. The lowest BCUT2D eigenvalue weighted by atomic mass is 10.0. The number of hydrogen-bond acceptors (Lipinski definition) is 7. The predicted octanol–water partition coefficient (Wildman–Crippen LogP) is 3.20. The Labute approximate surface area is 194 Å². The molecule has 3 aromatic rings. The van der Waals surface area contributed by atoms with Crippen LogP contribution in [0.3, 0.4) is 0 Å². The fraction of sp³-hybridized carbons (Fsp3) is 0.182. The maximum atomic E-state index is 13.1. The standard InChI is InChI=1S/C22H20N4O5S2/c1-13(2)18(26-20(28)16-5-3-4-6-17(16)21(26)29)19(27)24-14-7-9-15(10-8-14)33(30,31)25-22-23-11-12-32-22/h3-13,18H,1-2H3,(H,23,25)(H,24,27)/t18-/m0/s1. The number of nitrogens with one attached hydrogen (secondary N) is 2. The minimum Gasteiger partial charge on any atom is -0.324 e. The molecule has 0 unspecified atom stereocenters. The highest BCUT2D eigenvalue weighted by atomic mass is 32.2. The summed E-state index contributed by atoms with van der Waals surface area (Å²) in [6, 6.07) is 11.0. The topological polar surface area (TPSA) is 126 Å².